The van der Waals surface area contributed by atoms with Crippen LogP contribution in [0.5, 0.6) is 0 Å². The van der Waals surface area contributed by atoms with Gasteiger partial charge in [0.15, 0.2) is 0 Å². The molecule has 4 nitrogen and oxygen atoms in total. The Hall–Kier alpha value is -0.610. The normalized spacial score (nSPS) is 30.7. The molecule has 2 rings (SSSR count). The van der Waals surface area contributed by atoms with Crippen LogP contribution in [0.25, 0.3) is 0 Å². The minimum atomic E-state index is 0.0906. The number of amides is 1. The second-order valence-corrected chi connectivity index (χ2v) is 4.87. The van der Waals surface area contributed by atoms with Crippen molar-refractivity contribution in [1.82, 2.24) is 4.90 Å². The Morgan fingerprint density at radius 1 is 1.44 bits per heavy atom. The average molecular weight is 227 g/mol. The van der Waals surface area contributed by atoms with E-state index in [1.807, 2.05) is 4.90 Å². The second-order valence-electron chi connectivity index (χ2n) is 4.87. The number of hydrogen-bond donors (Lipinski definition) is 1. The summed E-state index contributed by atoms with van der Waals surface area (Å²) < 4.78 is 5.26. The molecule has 2 saturated heterocycles. The number of carbonyl (C=O) groups is 1. The summed E-state index contributed by atoms with van der Waals surface area (Å²) in [4.78, 5) is 14.1. The van der Waals surface area contributed by atoms with Crippen LogP contribution >= 0.6 is 0 Å². The highest BCUT2D eigenvalue weighted by Gasteiger charge is 2.30. The quantitative estimate of drug-likeness (QED) is 0.770. The van der Waals surface area contributed by atoms with E-state index in [4.69, 9.17) is 9.84 Å². The molecular weight excluding hydrogens is 206 g/mol. The molecule has 0 saturated carbocycles. The van der Waals surface area contributed by atoms with Crippen LogP contribution in [0.15, 0.2) is 0 Å². The van der Waals surface area contributed by atoms with Crippen LogP contribution in [-0.2, 0) is 9.53 Å². The van der Waals surface area contributed by atoms with E-state index in [-0.39, 0.29) is 18.4 Å². The lowest BCUT2D eigenvalue weighted by Crippen LogP contribution is -2.43. The largest absolute Gasteiger partial charge is 0.396 e. The topological polar surface area (TPSA) is 49.8 Å². The van der Waals surface area contributed by atoms with Crippen molar-refractivity contribution in [2.45, 2.75) is 25.7 Å². The van der Waals surface area contributed by atoms with Gasteiger partial charge in [0.2, 0.25) is 5.91 Å². The molecule has 16 heavy (non-hydrogen) atoms. The van der Waals surface area contributed by atoms with E-state index in [9.17, 15) is 4.79 Å². The summed E-state index contributed by atoms with van der Waals surface area (Å²) in [5.74, 6) is 0.845. The molecule has 0 aromatic rings. The van der Waals surface area contributed by atoms with E-state index in [0.717, 1.165) is 45.4 Å². The van der Waals surface area contributed by atoms with Gasteiger partial charge in [-0.1, -0.05) is 0 Å². The van der Waals surface area contributed by atoms with Crippen LogP contribution < -0.4 is 0 Å². The van der Waals surface area contributed by atoms with E-state index in [1.54, 1.807) is 0 Å². The molecular formula is C12H21NO3. The Bertz CT molecular complexity index is 236. The predicted molar refractivity (Wildman–Crippen MR) is 59.9 cm³/mol. The standard InChI is InChI=1S/C12H21NO3/c14-6-3-10-2-1-5-13(8-10)12(15)11-4-7-16-9-11/h10-11,14H,1-9H2. The number of likely N-dealkylation sites (tertiary alicyclic amines) is 1. The number of aliphatic hydroxyl groups excluding tert-OH is 1. The molecule has 0 aromatic heterocycles. The van der Waals surface area contributed by atoms with Gasteiger partial charge >= 0.3 is 0 Å². The molecule has 0 spiro atoms. The van der Waals surface area contributed by atoms with Gasteiger partial charge in [0.05, 0.1) is 12.5 Å². The summed E-state index contributed by atoms with van der Waals surface area (Å²) in [6.07, 6.45) is 3.92. The number of piperidine rings is 1. The first-order valence-corrected chi connectivity index (χ1v) is 6.28. The molecule has 4 heteroatoms. The van der Waals surface area contributed by atoms with E-state index in [1.165, 1.54) is 0 Å². The Morgan fingerprint density at radius 3 is 3.00 bits per heavy atom. The van der Waals surface area contributed by atoms with Gasteiger partial charge in [-0.3, -0.25) is 4.79 Å². The Labute approximate surface area is 96.6 Å². The first kappa shape index (κ1) is 11.9. The highest BCUT2D eigenvalue weighted by molar-refractivity contribution is 5.79. The minimum absolute atomic E-state index is 0.0906. The van der Waals surface area contributed by atoms with Crippen LogP contribution in [0, 0.1) is 11.8 Å². The number of nitrogens with zero attached hydrogens (tertiary/aromatic N) is 1. The van der Waals surface area contributed by atoms with Crippen molar-refractivity contribution in [2.75, 3.05) is 32.9 Å². The minimum Gasteiger partial charge on any atom is -0.396 e. The highest BCUT2D eigenvalue weighted by atomic mass is 16.5. The van der Waals surface area contributed by atoms with Gasteiger partial charge < -0.3 is 14.7 Å². The zero-order valence-corrected chi connectivity index (χ0v) is 9.73. The lowest BCUT2D eigenvalue weighted by Gasteiger charge is -2.34. The van der Waals surface area contributed by atoms with Crippen LogP contribution in [0.2, 0.25) is 0 Å². The second kappa shape index (κ2) is 5.64. The van der Waals surface area contributed by atoms with Gasteiger partial charge in [-0.15, -0.1) is 0 Å². The molecule has 2 aliphatic rings. The van der Waals surface area contributed by atoms with Crippen LogP contribution in [0.1, 0.15) is 25.7 Å². The summed E-state index contributed by atoms with van der Waals surface area (Å²) in [5.41, 5.74) is 0. The van der Waals surface area contributed by atoms with Gasteiger partial charge in [-0.25, -0.2) is 0 Å². The lowest BCUT2D eigenvalue weighted by molar-refractivity contribution is -0.137. The van der Waals surface area contributed by atoms with Crippen molar-refractivity contribution in [3.63, 3.8) is 0 Å². The SMILES string of the molecule is O=C(C1CCOC1)N1CCCC(CCO)C1. The third-order valence-electron chi connectivity index (χ3n) is 3.65. The maximum absolute atomic E-state index is 12.1. The molecule has 2 fully saturated rings. The van der Waals surface area contributed by atoms with Crippen molar-refractivity contribution in [3.8, 4) is 0 Å². The van der Waals surface area contributed by atoms with Crippen molar-refractivity contribution < 1.29 is 14.6 Å². The number of hydrogen-bond acceptors (Lipinski definition) is 3. The lowest BCUT2D eigenvalue weighted by atomic mass is 9.94. The van der Waals surface area contributed by atoms with Gasteiger partial charge in [0.25, 0.3) is 0 Å². The number of rotatable bonds is 3. The van der Waals surface area contributed by atoms with E-state index < -0.39 is 0 Å². The molecule has 2 atom stereocenters. The summed E-state index contributed by atoms with van der Waals surface area (Å²) in [7, 11) is 0. The van der Waals surface area contributed by atoms with Gasteiger partial charge in [-0.05, 0) is 31.6 Å². The van der Waals surface area contributed by atoms with E-state index in [2.05, 4.69) is 0 Å². The predicted octanol–water partition coefficient (Wildman–Crippen LogP) is 0.644. The number of aliphatic hydroxyl groups is 1. The van der Waals surface area contributed by atoms with Gasteiger partial charge in [0, 0.05) is 26.3 Å². The molecule has 2 heterocycles. The molecule has 1 N–H and O–H groups in total. The summed E-state index contributed by atoms with van der Waals surface area (Å²) in [6.45, 7) is 3.27. The molecule has 2 aliphatic heterocycles. The molecule has 2 unspecified atom stereocenters. The average Bonchev–Trinajstić information content (AvgIpc) is 2.82. The molecule has 92 valence electrons. The third-order valence-corrected chi connectivity index (χ3v) is 3.65. The fourth-order valence-electron chi connectivity index (χ4n) is 2.67. The van der Waals surface area contributed by atoms with E-state index in [0.29, 0.717) is 12.5 Å². The zero-order chi connectivity index (χ0) is 11.4. The molecule has 0 aromatic carbocycles. The Balaban J connectivity index is 1.85. The van der Waals surface area contributed by atoms with Crippen LogP contribution in [-0.4, -0.2) is 48.8 Å². The van der Waals surface area contributed by atoms with Crippen molar-refractivity contribution in [1.29, 1.82) is 0 Å². The summed E-state index contributed by atoms with van der Waals surface area (Å²) >= 11 is 0. The number of ether oxygens (including phenoxy) is 1. The fourth-order valence-corrected chi connectivity index (χ4v) is 2.67. The molecule has 0 bridgehead atoms. The van der Waals surface area contributed by atoms with Crippen molar-refractivity contribution in [3.05, 3.63) is 0 Å². The summed E-state index contributed by atoms with van der Waals surface area (Å²) in [6, 6.07) is 0. The van der Waals surface area contributed by atoms with Gasteiger partial charge in [-0.2, -0.15) is 0 Å². The first-order valence-electron chi connectivity index (χ1n) is 6.28. The number of carbonyl (C=O) groups excluding carboxylic acids is 1. The van der Waals surface area contributed by atoms with Crippen LogP contribution in [0.3, 0.4) is 0 Å². The third kappa shape index (κ3) is 2.74. The molecule has 0 aliphatic carbocycles. The fraction of sp³-hybridized carbons (Fsp3) is 0.917. The van der Waals surface area contributed by atoms with E-state index >= 15 is 0 Å². The highest BCUT2D eigenvalue weighted by Crippen LogP contribution is 2.23. The first-order chi connectivity index (χ1) is 7.81. The van der Waals surface area contributed by atoms with Crippen LogP contribution in [0.4, 0.5) is 0 Å². The monoisotopic (exact) mass is 227 g/mol. The maximum atomic E-state index is 12.1. The Kier molecular flexibility index (Phi) is 4.18. The molecule has 0 radical (unpaired) electrons. The Morgan fingerprint density at radius 2 is 2.31 bits per heavy atom. The maximum Gasteiger partial charge on any atom is 0.228 e. The van der Waals surface area contributed by atoms with Gasteiger partial charge in [0.1, 0.15) is 0 Å². The van der Waals surface area contributed by atoms with Crippen molar-refractivity contribution >= 4 is 5.91 Å². The smallest absolute Gasteiger partial charge is 0.228 e. The summed E-state index contributed by atoms with van der Waals surface area (Å²) in [5, 5.41) is 8.93. The zero-order valence-electron chi connectivity index (χ0n) is 9.73. The van der Waals surface area contributed by atoms with Crippen molar-refractivity contribution in [2.24, 2.45) is 11.8 Å². The molecule has 1 amide bonds.